The minimum absolute atomic E-state index is 0.172. The van der Waals surface area contributed by atoms with Crippen molar-refractivity contribution in [2.24, 2.45) is 5.73 Å². The van der Waals surface area contributed by atoms with Crippen LogP contribution in [0, 0.1) is 29.4 Å². The predicted molar refractivity (Wildman–Crippen MR) is 66.3 cm³/mol. The van der Waals surface area contributed by atoms with E-state index in [-0.39, 0.29) is 17.3 Å². The van der Waals surface area contributed by atoms with E-state index in [4.69, 9.17) is 11.1 Å². The fourth-order valence-corrected chi connectivity index (χ4v) is 1.60. The second-order valence-corrected chi connectivity index (χ2v) is 3.92. The molecule has 98 valence electrons. The number of hydrogen-bond donors (Lipinski definition) is 2. The summed E-state index contributed by atoms with van der Waals surface area (Å²) in [5, 5.41) is 29.9. The van der Waals surface area contributed by atoms with E-state index in [2.05, 4.69) is 15.3 Å². The molecule has 2 heterocycles. The molecule has 2 rings (SSSR count). The smallest absolute Gasteiger partial charge is 0.307 e. The van der Waals surface area contributed by atoms with Crippen molar-refractivity contribution in [1.29, 1.82) is 5.41 Å². The zero-order valence-electron chi connectivity index (χ0n) is 10.3. The molecule has 9 heteroatoms. The Morgan fingerprint density at radius 2 is 2.16 bits per heavy atom. The second-order valence-electron chi connectivity index (χ2n) is 3.92. The number of nitrogens with zero attached hydrogens (tertiary/aromatic N) is 5. The molecule has 0 amide bonds. The first-order valence-electron chi connectivity index (χ1n) is 5.29. The average molecular weight is 261 g/mol. The molecule has 2 aromatic heterocycles. The third-order valence-corrected chi connectivity index (χ3v) is 2.70. The maximum Gasteiger partial charge on any atom is 0.307 e. The van der Waals surface area contributed by atoms with Gasteiger partial charge in [0.1, 0.15) is 18.2 Å². The number of amidine groups is 1. The average Bonchev–Trinajstić information content (AvgIpc) is 2.81. The van der Waals surface area contributed by atoms with E-state index < -0.39 is 4.92 Å². The van der Waals surface area contributed by atoms with Crippen LogP contribution in [0.2, 0.25) is 0 Å². The van der Waals surface area contributed by atoms with Crippen molar-refractivity contribution >= 4 is 11.5 Å². The van der Waals surface area contributed by atoms with E-state index in [1.807, 2.05) is 0 Å². The zero-order chi connectivity index (χ0) is 14.2. The van der Waals surface area contributed by atoms with Crippen LogP contribution in [0.1, 0.15) is 16.8 Å². The summed E-state index contributed by atoms with van der Waals surface area (Å²) in [5.41, 5.74) is 7.05. The van der Waals surface area contributed by atoms with Gasteiger partial charge < -0.3 is 5.73 Å². The van der Waals surface area contributed by atoms with E-state index in [9.17, 15) is 10.1 Å². The molecule has 0 aliphatic rings. The standard InChI is InChI=1S/C10H11N7O2/c1-5-6(2)14-15-10(8(5)9(11)12)16-4-7(3-13-16)17(18)19/h3-4H,1-2H3,(H3,11,12). The lowest BCUT2D eigenvalue weighted by atomic mass is 10.1. The Kier molecular flexibility index (Phi) is 2.95. The summed E-state index contributed by atoms with van der Waals surface area (Å²) >= 11 is 0. The van der Waals surface area contributed by atoms with Gasteiger partial charge in [0.05, 0.1) is 16.2 Å². The number of nitro groups is 1. The van der Waals surface area contributed by atoms with Crippen LogP contribution in [0.4, 0.5) is 5.69 Å². The van der Waals surface area contributed by atoms with Crippen molar-refractivity contribution in [3.63, 3.8) is 0 Å². The molecule has 0 aliphatic carbocycles. The lowest BCUT2D eigenvalue weighted by Gasteiger charge is -2.10. The molecule has 0 bridgehead atoms. The second kappa shape index (κ2) is 4.44. The van der Waals surface area contributed by atoms with E-state index >= 15 is 0 Å². The minimum Gasteiger partial charge on any atom is -0.384 e. The Bertz CT molecular complexity index is 677. The summed E-state index contributed by atoms with van der Waals surface area (Å²) in [7, 11) is 0. The van der Waals surface area contributed by atoms with Gasteiger partial charge in [-0.25, -0.2) is 4.68 Å². The molecule has 9 nitrogen and oxygen atoms in total. The molecule has 19 heavy (non-hydrogen) atoms. The van der Waals surface area contributed by atoms with Crippen LogP contribution in [-0.4, -0.2) is 30.7 Å². The lowest BCUT2D eigenvalue weighted by molar-refractivity contribution is -0.384. The predicted octanol–water partition coefficient (Wildman–Crippen LogP) is 0.471. The van der Waals surface area contributed by atoms with Crippen LogP contribution < -0.4 is 5.73 Å². The van der Waals surface area contributed by atoms with Crippen molar-refractivity contribution in [3.8, 4) is 5.82 Å². The molecular formula is C10H11N7O2. The summed E-state index contributed by atoms with van der Waals surface area (Å²) in [6, 6.07) is 0. The normalized spacial score (nSPS) is 10.4. The number of nitrogens with one attached hydrogen (secondary N) is 1. The number of rotatable bonds is 3. The van der Waals surface area contributed by atoms with Gasteiger partial charge in [0.2, 0.25) is 0 Å². The molecule has 0 atom stereocenters. The summed E-state index contributed by atoms with van der Waals surface area (Å²) in [6.45, 7) is 3.49. The molecular weight excluding hydrogens is 250 g/mol. The number of hydrogen-bond acceptors (Lipinski definition) is 6. The van der Waals surface area contributed by atoms with Crippen LogP contribution in [0.25, 0.3) is 5.82 Å². The Morgan fingerprint density at radius 3 is 2.68 bits per heavy atom. The SMILES string of the molecule is Cc1nnc(-n2cc([N+](=O)[O-])cn2)c(C(=N)N)c1C. The minimum atomic E-state index is -0.564. The number of nitrogens with two attached hydrogens (primary N) is 1. The Labute approximate surface area is 107 Å². The van der Waals surface area contributed by atoms with E-state index in [0.29, 0.717) is 16.8 Å². The Morgan fingerprint density at radius 1 is 1.47 bits per heavy atom. The van der Waals surface area contributed by atoms with Crippen LogP contribution >= 0.6 is 0 Å². The van der Waals surface area contributed by atoms with Crippen LogP contribution in [0.3, 0.4) is 0 Å². The van der Waals surface area contributed by atoms with Gasteiger partial charge in [0, 0.05) is 0 Å². The number of nitrogen functional groups attached to an aromatic ring is 1. The van der Waals surface area contributed by atoms with E-state index in [0.717, 1.165) is 6.20 Å². The number of aryl methyl sites for hydroxylation is 1. The highest BCUT2D eigenvalue weighted by Crippen LogP contribution is 2.18. The Hall–Kier alpha value is -2.84. The van der Waals surface area contributed by atoms with Gasteiger partial charge in [0.15, 0.2) is 5.82 Å². The van der Waals surface area contributed by atoms with Crippen molar-refractivity contribution < 1.29 is 4.92 Å². The van der Waals surface area contributed by atoms with Crippen LogP contribution in [0.5, 0.6) is 0 Å². The molecule has 0 aliphatic heterocycles. The van der Waals surface area contributed by atoms with Crippen molar-refractivity contribution in [3.05, 3.63) is 39.3 Å². The fraction of sp³-hybridized carbons (Fsp3) is 0.200. The molecule has 0 aromatic carbocycles. The molecule has 2 aromatic rings. The summed E-state index contributed by atoms with van der Waals surface area (Å²) in [5.74, 6) is 0.00681. The van der Waals surface area contributed by atoms with Crippen LogP contribution in [0.15, 0.2) is 12.4 Å². The molecule has 0 saturated carbocycles. The zero-order valence-corrected chi connectivity index (χ0v) is 10.3. The topological polar surface area (TPSA) is 137 Å². The van der Waals surface area contributed by atoms with Gasteiger partial charge in [-0.3, -0.25) is 15.5 Å². The summed E-state index contributed by atoms with van der Waals surface area (Å²) < 4.78 is 1.19. The quantitative estimate of drug-likeness (QED) is 0.356. The molecule has 0 unspecified atom stereocenters. The first-order valence-corrected chi connectivity index (χ1v) is 5.29. The highest BCUT2D eigenvalue weighted by Gasteiger charge is 2.18. The van der Waals surface area contributed by atoms with Gasteiger partial charge in [0.25, 0.3) is 0 Å². The maximum atomic E-state index is 10.6. The van der Waals surface area contributed by atoms with E-state index in [1.54, 1.807) is 13.8 Å². The van der Waals surface area contributed by atoms with Crippen molar-refractivity contribution in [1.82, 2.24) is 20.0 Å². The molecule has 0 spiro atoms. The van der Waals surface area contributed by atoms with Crippen LogP contribution in [-0.2, 0) is 0 Å². The van der Waals surface area contributed by atoms with E-state index in [1.165, 1.54) is 10.9 Å². The fourth-order valence-electron chi connectivity index (χ4n) is 1.60. The van der Waals surface area contributed by atoms with Gasteiger partial charge in [-0.2, -0.15) is 10.2 Å². The van der Waals surface area contributed by atoms with Gasteiger partial charge in [-0.05, 0) is 19.4 Å². The lowest BCUT2D eigenvalue weighted by Crippen LogP contribution is -2.19. The van der Waals surface area contributed by atoms with Gasteiger partial charge >= 0.3 is 5.69 Å². The maximum absolute atomic E-state index is 10.6. The first kappa shape index (κ1) is 12.6. The Balaban J connectivity index is 2.64. The third kappa shape index (κ3) is 2.12. The summed E-state index contributed by atoms with van der Waals surface area (Å²) in [6.07, 6.45) is 2.30. The molecule has 3 N–H and O–H groups in total. The molecule has 0 fully saturated rings. The largest absolute Gasteiger partial charge is 0.384 e. The van der Waals surface area contributed by atoms with Gasteiger partial charge in [-0.15, -0.1) is 5.10 Å². The summed E-state index contributed by atoms with van der Waals surface area (Å²) in [4.78, 5) is 10.1. The third-order valence-electron chi connectivity index (χ3n) is 2.70. The first-order chi connectivity index (χ1) is 8.91. The highest BCUT2D eigenvalue weighted by atomic mass is 16.6. The number of aromatic nitrogens is 4. The molecule has 0 saturated heterocycles. The monoisotopic (exact) mass is 261 g/mol. The van der Waals surface area contributed by atoms with Crippen molar-refractivity contribution in [2.45, 2.75) is 13.8 Å². The molecule has 0 radical (unpaired) electrons. The van der Waals surface area contributed by atoms with Gasteiger partial charge in [-0.1, -0.05) is 0 Å². The van der Waals surface area contributed by atoms with Crippen molar-refractivity contribution in [2.75, 3.05) is 0 Å². The highest BCUT2D eigenvalue weighted by molar-refractivity contribution is 5.99.